The van der Waals surface area contributed by atoms with Crippen molar-refractivity contribution in [2.45, 2.75) is 44.3 Å². The molecule has 0 radical (unpaired) electrons. The normalized spacial score (nSPS) is 21.7. The van der Waals surface area contributed by atoms with Gasteiger partial charge in [0.15, 0.2) is 0 Å². The van der Waals surface area contributed by atoms with Crippen molar-refractivity contribution in [3.8, 4) is 17.0 Å². The summed E-state index contributed by atoms with van der Waals surface area (Å²) in [4.78, 5) is 5.12. The van der Waals surface area contributed by atoms with Crippen molar-refractivity contribution in [1.82, 2.24) is 19.6 Å². The number of nitrogens with zero attached hydrogens (tertiary/aromatic N) is 4. The highest BCUT2D eigenvalue weighted by atomic mass is 19.1. The van der Waals surface area contributed by atoms with Gasteiger partial charge in [0.2, 0.25) is 0 Å². The van der Waals surface area contributed by atoms with E-state index in [2.05, 4.69) is 45.2 Å². The van der Waals surface area contributed by atoms with E-state index in [9.17, 15) is 4.39 Å². The maximum atomic E-state index is 14.4. The van der Waals surface area contributed by atoms with Gasteiger partial charge < -0.3 is 15.0 Å². The number of rotatable bonds is 7. The van der Waals surface area contributed by atoms with Crippen LogP contribution in [-0.2, 0) is 6.54 Å². The number of aromatic nitrogens is 2. The van der Waals surface area contributed by atoms with Crippen LogP contribution in [-0.4, -0.2) is 66.0 Å². The van der Waals surface area contributed by atoms with Gasteiger partial charge in [-0.05, 0) is 57.0 Å². The van der Waals surface area contributed by atoms with Crippen LogP contribution in [0.4, 0.5) is 10.1 Å². The van der Waals surface area contributed by atoms with Gasteiger partial charge in [0.25, 0.3) is 0 Å². The van der Waals surface area contributed by atoms with Crippen molar-refractivity contribution >= 4 is 5.69 Å². The zero-order valence-corrected chi connectivity index (χ0v) is 20.8. The molecule has 1 saturated carbocycles. The van der Waals surface area contributed by atoms with E-state index in [1.807, 2.05) is 18.2 Å². The molecule has 2 aliphatic rings. The quantitative estimate of drug-likeness (QED) is 0.517. The maximum absolute atomic E-state index is 14.4. The Labute approximate surface area is 207 Å². The molecular formula is C28H36FN5O. The third kappa shape index (κ3) is 5.36. The molecule has 0 unspecified atom stereocenters. The van der Waals surface area contributed by atoms with E-state index in [0.717, 1.165) is 23.0 Å². The van der Waals surface area contributed by atoms with Crippen LogP contribution in [0.5, 0.6) is 5.75 Å². The van der Waals surface area contributed by atoms with Gasteiger partial charge >= 0.3 is 0 Å². The van der Waals surface area contributed by atoms with Crippen molar-refractivity contribution < 1.29 is 9.13 Å². The smallest absolute Gasteiger partial charge is 0.131 e. The average molecular weight is 478 g/mol. The minimum absolute atomic E-state index is 0.272. The largest absolute Gasteiger partial charge is 0.496 e. The molecule has 0 atom stereocenters. The highest BCUT2D eigenvalue weighted by Crippen LogP contribution is 2.33. The van der Waals surface area contributed by atoms with Crippen molar-refractivity contribution in [2.75, 3.05) is 45.7 Å². The minimum atomic E-state index is -0.272. The lowest BCUT2D eigenvalue weighted by Crippen LogP contribution is -2.49. The lowest BCUT2D eigenvalue weighted by molar-refractivity contribution is 0.0811. The molecule has 7 heteroatoms. The van der Waals surface area contributed by atoms with Gasteiger partial charge in [-0.3, -0.25) is 9.58 Å². The summed E-state index contributed by atoms with van der Waals surface area (Å²) in [5.41, 5.74) is 3.41. The van der Waals surface area contributed by atoms with Crippen LogP contribution in [0.1, 0.15) is 37.3 Å². The first-order valence-corrected chi connectivity index (χ1v) is 12.7. The molecule has 2 heterocycles. The molecule has 35 heavy (non-hydrogen) atoms. The number of para-hydroxylation sites is 1. The summed E-state index contributed by atoms with van der Waals surface area (Å²) in [7, 11) is 3.78. The van der Waals surface area contributed by atoms with Gasteiger partial charge in [-0.25, -0.2) is 4.39 Å². The third-order valence-electron chi connectivity index (χ3n) is 7.66. The number of hydrogen-bond acceptors (Lipinski definition) is 5. The second-order valence-electron chi connectivity index (χ2n) is 9.80. The molecule has 1 N–H and O–H groups in total. The lowest BCUT2D eigenvalue weighted by atomic mass is 9.90. The molecular weight excluding hydrogens is 441 g/mol. The molecule has 5 rings (SSSR count). The summed E-state index contributed by atoms with van der Waals surface area (Å²) in [5.74, 6) is 0.275. The van der Waals surface area contributed by atoms with Gasteiger partial charge in [0.05, 0.1) is 18.8 Å². The number of benzene rings is 2. The summed E-state index contributed by atoms with van der Waals surface area (Å²) in [6.07, 6.45) is 6.95. The zero-order valence-electron chi connectivity index (χ0n) is 20.8. The molecule has 0 bridgehead atoms. The first-order chi connectivity index (χ1) is 17.1. The van der Waals surface area contributed by atoms with Gasteiger partial charge in [-0.2, -0.15) is 5.10 Å². The van der Waals surface area contributed by atoms with E-state index in [1.165, 1.54) is 57.9 Å². The number of halogens is 1. The maximum Gasteiger partial charge on any atom is 0.131 e. The molecule has 1 aromatic heterocycles. The predicted molar refractivity (Wildman–Crippen MR) is 138 cm³/mol. The Hall–Kier alpha value is -2.90. The van der Waals surface area contributed by atoms with Gasteiger partial charge in [0.1, 0.15) is 11.6 Å². The van der Waals surface area contributed by atoms with Crippen LogP contribution in [0, 0.1) is 5.82 Å². The van der Waals surface area contributed by atoms with E-state index in [1.54, 1.807) is 19.2 Å². The Morgan fingerprint density at radius 2 is 1.69 bits per heavy atom. The van der Waals surface area contributed by atoms with E-state index < -0.39 is 0 Å². The zero-order chi connectivity index (χ0) is 24.2. The number of methoxy groups -OCH3 is 1. The summed E-state index contributed by atoms with van der Waals surface area (Å²) in [6.45, 7) is 5.09. The average Bonchev–Trinajstić information content (AvgIpc) is 3.39. The fourth-order valence-electron chi connectivity index (χ4n) is 5.51. The molecule has 1 aliphatic carbocycles. The van der Waals surface area contributed by atoms with E-state index in [-0.39, 0.29) is 5.82 Å². The monoisotopic (exact) mass is 477 g/mol. The van der Waals surface area contributed by atoms with E-state index in [0.29, 0.717) is 23.9 Å². The molecule has 2 aromatic carbocycles. The Bertz CT molecular complexity index is 1120. The van der Waals surface area contributed by atoms with Crippen LogP contribution in [0.15, 0.2) is 54.7 Å². The van der Waals surface area contributed by atoms with Gasteiger partial charge in [-0.1, -0.05) is 24.3 Å². The lowest BCUT2D eigenvalue weighted by Gasteiger charge is -2.41. The van der Waals surface area contributed by atoms with Crippen LogP contribution in [0.25, 0.3) is 11.3 Å². The molecule has 186 valence electrons. The van der Waals surface area contributed by atoms with Crippen molar-refractivity contribution in [1.29, 1.82) is 0 Å². The molecule has 0 amide bonds. The summed E-state index contributed by atoms with van der Waals surface area (Å²) < 4.78 is 21.9. The Morgan fingerprint density at radius 1 is 0.943 bits per heavy atom. The van der Waals surface area contributed by atoms with Crippen LogP contribution < -0.4 is 10.1 Å². The molecule has 1 saturated heterocycles. The fraction of sp³-hybridized carbons (Fsp3) is 0.464. The fourth-order valence-corrected chi connectivity index (χ4v) is 5.51. The molecule has 3 aromatic rings. The third-order valence-corrected chi connectivity index (χ3v) is 7.66. The Balaban J connectivity index is 1.24. The minimum Gasteiger partial charge on any atom is -0.496 e. The van der Waals surface area contributed by atoms with Crippen molar-refractivity contribution in [2.24, 2.45) is 0 Å². The number of nitrogens with one attached hydrogen (secondary N) is 1. The number of anilines is 1. The van der Waals surface area contributed by atoms with Gasteiger partial charge in [-0.15, -0.1) is 0 Å². The molecule has 6 nitrogen and oxygen atoms in total. The number of hydrogen-bond donors (Lipinski definition) is 1. The highest BCUT2D eigenvalue weighted by Gasteiger charge is 2.28. The summed E-state index contributed by atoms with van der Waals surface area (Å²) >= 11 is 0. The topological polar surface area (TPSA) is 45.6 Å². The van der Waals surface area contributed by atoms with E-state index >= 15 is 0 Å². The van der Waals surface area contributed by atoms with Crippen LogP contribution >= 0.6 is 0 Å². The second-order valence-corrected chi connectivity index (χ2v) is 9.80. The SMILES string of the molecule is COc1cccc(F)c1CNc1ccccc1-c1ccn(C2CCC(N3CCN(C)CC3)CC2)n1. The molecule has 1 aliphatic heterocycles. The first-order valence-electron chi connectivity index (χ1n) is 12.7. The Kier molecular flexibility index (Phi) is 7.35. The summed E-state index contributed by atoms with van der Waals surface area (Å²) in [6, 6.07) is 16.3. The van der Waals surface area contributed by atoms with Crippen LogP contribution in [0.3, 0.4) is 0 Å². The molecule has 2 fully saturated rings. The van der Waals surface area contributed by atoms with Crippen LogP contribution in [0.2, 0.25) is 0 Å². The highest BCUT2D eigenvalue weighted by molar-refractivity contribution is 5.75. The first kappa shape index (κ1) is 23.8. The second kappa shape index (κ2) is 10.8. The number of piperazine rings is 1. The standard InChI is InChI=1S/C28H36FN5O/c1-32-16-18-33(19-17-32)21-10-12-22(13-11-21)34-15-14-27(31-34)23-6-3-4-8-26(23)30-20-24-25(29)7-5-9-28(24)35-2/h3-9,14-15,21-22,30H,10-13,16-20H2,1-2H3. The van der Waals surface area contributed by atoms with E-state index in [4.69, 9.17) is 9.84 Å². The predicted octanol–water partition coefficient (Wildman–Crippen LogP) is 5.04. The number of ether oxygens (including phenoxy) is 1. The Morgan fingerprint density at radius 3 is 2.46 bits per heavy atom. The van der Waals surface area contributed by atoms with Crippen molar-refractivity contribution in [3.63, 3.8) is 0 Å². The van der Waals surface area contributed by atoms with Gasteiger partial charge in [0, 0.05) is 61.8 Å². The van der Waals surface area contributed by atoms with Crippen molar-refractivity contribution in [3.05, 3.63) is 66.1 Å². The molecule has 0 spiro atoms. The number of likely N-dealkylation sites (N-methyl/N-ethyl adjacent to an activating group) is 1. The summed E-state index contributed by atoms with van der Waals surface area (Å²) in [5, 5.41) is 8.38.